The highest BCUT2D eigenvalue weighted by atomic mass is 35.5. The number of rotatable bonds is 1. The molecule has 0 aliphatic carbocycles. The van der Waals surface area contributed by atoms with Gasteiger partial charge in [0.15, 0.2) is 0 Å². The van der Waals surface area contributed by atoms with Crippen LogP contribution in [0.4, 0.5) is 0 Å². The van der Waals surface area contributed by atoms with E-state index >= 15 is 0 Å². The van der Waals surface area contributed by atoms with Gasteiger partial charge in [-0.3, -0.25) is 0 Å². The van der Waals surface area contributed by atoms with Gasteiger partial charge in [0.2, 0.25) is 11.8 Å². The van der Waals surface area contributed by atoms with Gasteiger partial charge in [-0.05, 0) is 30.7 Å². The zero-order valence-electron chi connectivity index (χ0n) is 7.91. The lowest BCUT2D eigenvalue weighted by Gasteiger charge is -2.00. The number of aryl methyl sites for hydroxylation is 2. The van der Waals surface area contributed by atoms with Crippen LogP contribution in [0.1, 0.15) is 11.5 Å². The monoisotopic (exact) mass is 208 g/mol. The van der Waals surface area contributed by atoms with Crippen LogP contribution in [0.2, 0.25) is 5.02 Å². The molecule has 72 valence electrons. The van der Waals surface area contributed by atoms with Crippen molar-refractivity contribution in [3.05, 3.63) is 34.7 Å². The minimum absolute atomic E-state index is 0.539. The van der Waals surface area contributed by atoms with Crippen LogP contribution in [0.3, 0.4) is 0 Å². The van der Waals surface area contributed by atoms with Gasteiger partial charge in [-0.15, -0.1) is 10.2 Å². The van der Waals surface area contributed by atoms with E-state index in [4.69, 9.17) is 16.0 Å². The maximum absolute atomic E-state index is 5.84. The number of nitrogens with zero attached hydrogens (tertiary/aromatic N) is 2. The van der Waals surface area contributed by atoms with Gasteiger partial charge in [0.1, 0.15) is 0 Å². The van der Waals surface area contributed by atoms with Crippen molar-refractivity contribution in [1.29, 1.82) is 0 Å². The fourth-order valence-corrected chi connectivity index (χ4v) is 1.50. The van der Waals surface area contributed by atoms with Crippen LogP contribution in [-0.4, -0.2) is 10.2 Å². The molecule has 4 heteroatoms. The molecule has 0 saturated carbocycles. The number of aromatic nitrogens is 2. The largest absolute Gasteiger partial charge is 0.421 e. The summed E-state index contributed by atoms with van der Waals surface area (Å²) in [5.74, 6) is 1.10. The van der Waals surface area contributed by atoms with Crippen molar-refractivity contribution in [2.24, 2.45) is 0 Å². The zero-order valence-corrected chi connectivity index (χ0v) is 8.67. The molecule has 1 aromatic heterocycles. The summed E-state index contributed by atoms with van der Waals surface area (Å²) < 4.78 is 5.32. The summed E-state index contributed by atoms with van der Waals surface area (Å²) in [4.78, 5) is 0. The molecule has 0 unspecified atom stereocenters. The van der Waals surface area contributed by atoms with Crippen LogP contribution >= 0.6 is 11.6 Å². The van der Waals surface area contributed by atoms with Crippen LogP contribution in [0.15, 0.2) is 22.6 Å². The second kappa shape index (κ2) is 3.42. The molecule has 3 nitrogen and oxygen atoms in total. The van der Waals surface area contributed by atoms with Crippen molar-refractivity contribution >= 4 is 11.6 Å². The third kappa shape index (κ3) is 1.63. The van der Waals surface area contributed by atoms with Gasteiger partial charge in [0.05, 0.1) is 0 Å². The summed E-state index contributed by atoms with van der Waals surface area (Å²) in [5, 5.41) is 8.43. The first kappa shape index (κ1) is 9.21. The van der Waals surface area contributed by atoms with E-state index in [9.17, 15) is 0 Å². The minimum atomic E-state index is 0.539. The Kier molecular flexibility index (Phi) is 2.25. The Bertz CT molecular complexity index is 465. The number of hydrogen-bond donors (Lipinski definition) is 0. The quantitative estimate of drug-likeness (QED) is 0.723. The molecule has 0 atom stereocenters. The Morgan fingerprint density at radius 1 is 1.21 bits per heavy atom. The zero-order chi connectivity index (χ0) is 10.1. The lowest BCUT2D eigenvalue weighted by Crippen LogP contribution is -1.83. The molecule has 0 saturated heterocycles. The van der Waals surface area contributed by atoms with Gasteiger partial charge in [0.25, 0.3) is 0 Å². The standard InChI is InChI=1S/C10H9ClN2O/c1-6-5-8(11)3-4-9(6)10-13-12-7(2)14-10/h3-5H,1-2H3. The molecular weight excluding hydrogens is 200 g/mol. The van der Waals surface area contributed by atoms with Gasteiger partial charge >= 0.3 is 0 Å². The van der Waals surface area contributed by atoms with Crippen LogP contribution in [-0.2, 0) is 0 Å². The second-order valence-corrected chi connectivity index (χ2v) is 3.52. The van der Waals surface area contributed by atoms with E-state index in [1.165, 1.54) is 0 Å². The molecule has 1 heterocycles. The summed E-state index contributed by atoms with van der Waals surface area (Å²) in [7, 11) is 0. The number of benzene rings is 1. The van der Waals surface area contributed by atoms with Crippen LogP contribution in [0, 0.1) is 13.8 Å². The molecule has 0 spiro atoms. The number of hydrogen-bond acceptors (Lipinski definition) is 3. The van der Waals surface area contributed by atoms with E-state index in [0.717, 1.165) is 11.1 Å². The van der Waals surface area contributed by atoms with Crippen molar-refractivity contribution in [2.45, 2.75) is 13.8 Å². The maximum Gasteiger partial charge on any atom is 0.247 e. The third-order valence-electron chi connectivity index (χ3n) is 1.94. The van der Waals surface area contributed by atoms with Crippen molar-refractivity contribution in [3.8, 4) is 11.5 Å². The maximum atomic E-state index is 5.84. The van der Waals surface area contributed by atoms with Gasteiger partial charge in [-0.1, -0.05) is 11.6 Å². The van der Waals surface area contributed by atoms with E-state index in [1.54, 1.807) is 6.92 Å². The first-order valence-electron chi connectivity index (χ1n) is 4.23. The first-order chi connectivity index (χ1) is 6.66. The van der Waals surface area contributed by atoms with E-state index in [2.05, 4.69) is 10.2 Å². The highest BCUT2D eigenvalue weighted by molar-refractivity contribution is 6.30. The topological polar surface area (TPSA) is 38.9 Å². The smallest absolute Gasteiger partial charge is 0.247 e. The van der Waals surface area contributed by atoms with E-state index in [-0.39, 0.29) is 0 Å². The SMILES string of the molecule is Cc1nnc(-c2ccc(Cl)cc2C)o1. The molecule has 0 amide bonds. The lowest BCUT2D eigenvalue weighted by atomic mass is 10.1. The Morgan fingerprint density at radius 3 is 2.57 bits per heavy atom. The van der Waals surface area contributed by atoms with Gasteiger partial charge < -0.3 is 4.42 Å². The lowest BCUT2D eigenvalue weighted by molar-refractivity contribution is 0.532. The van der Waals surface area contributed by atoms with Crippen molar-refractivity contribution in [2.75, 3.05) is 0 Å². The summed E-state index contributed by atoms with van der Waals surface area (Å²) in [5.41, 5.74) is 1.95. The highest BCUT2D eigenvalue weighted by Crippen LogP contribution is 2.24. The van der Waals surface area contributed by atoms with E-state index in [1.807, 2.05) is 25.1 Å². The molecule has 0 fully saturated rings. The predicted molar refractivity (Wildman–Crippen MR) is 54.2 cm³/mol. The molecular formula is C10H9ClN2O. The Balaban J connectivity index is 2.52. The summed E-state index contributed by atoms with van der Waals surface area (Å²) in [6.07, 6.45) is 0. The Morgan fingerprint density at radius 2 is 2.00 bits per heavy atom. The van der Waals surface area contributed by atoms with E-state index < -0.39 is 0 Å². The van der Waals surface area contributed by atoms with Gasteiger partial charge in [0, 0.05) is 17.5 Å². The fourth-order valence-electron chi connectivity index (χ4n) is 1.27. The molecule has 2 rings (SSSR count). The van der Waals surface area contributed by atoms with Crippen molar-refractivity contribution in [3.63, 3.8) is 0 Å². The number of halogens is 1. The second-order valence-electron chi connectivity index (χ2n) is 3.09. The van der Waals surface area contributed by atoms with Crippen molar-refractivity contribution in [1.82, 2.24) is 10.2 Å². The predicted octanol–water partition coefficient (Wildman–Crippen LogP) is 3.01. The molecule has 0 radical (unpaired) electrons. The molecule has 0 bridgehead atoms. The average Bonchev–Trinajstić information content (AvgIpc) is 2.51. The highest BCUT2D eigenvalue weighted by Gasteiger charge is 2.08. The van der Waals surface area contributed by atoms with Crippen LogP contribution in [0.25, 0.3) is 11.5 Å². The first-order valence-corrected chi connectivity index (χ1v) is 4.61. The third-order valence-corrected chi connectivity index (χ3v) is 2.18. The van der Waals surface area contributed by atoms with Crippen LogP contribution in [0.5, 0.6) is 0 Å². The van der Waals surface area contributed by atoms with Crippen molar-refractivity contribution < 1.29 is 4.42 Å². The molecule has 0 N–H and O–H groups in total. The average molecular weight is 209 g/mol. The molecule has 14 heavy (non-hydrogen) atoms. The Labute approximate surface area is 86.7 Å². The van der Waals surface area contributed by atoms with Gasteiger partial charge in [-0.25, -0.2) is 0 Å². The van der Waals surface area contributed by atoms with Gasteiger partial charge in [-0.2, -0.15) is 0 Å². The molecule has 0 aliphatic heterocycles. The minimum Gasteiger partial charge on any atom is -0.421 e. The molecule has 1 aromatic carbocycles. The van der Waals surface area contributed by atoms with Crippen LogP contribution < -0.4 is 0 Å². The molecule has 0 aliphatic rings. The summed E-state index contributed by atoms with van der Waals surface area (Å²) >= 11 is 5.84. The Hall–Kier alpha value is -1.35. The fraction of sp³-hybridized carbons (Fsp3) is 0.200. The summed E-state index contributed by atoms with van der Waals surface area (Å²) in [6.45, 7) is 3.72. The normalized spacial score (nSPS) is 10.5. The summed E-state index contributed by atoms with van der Waals surface area (Å²) in [6, 6.07) is 5.56. The molecule has 2 aromatic rings. The van der Waals surface area contributed by atoms with E-state index in [0.29, 0.717) is 16.8 Å².